The first-order chi connectivity index (χ1) is 9.18. The maximum atomic E-state index is 11.9. The Labute approximate surface area is 112 Å². The van der Waals surface area contributed by atoms with Gasteiger partial charge in [0.05, 0.1) is 0 Å². The van der Waals surface area contributed by atoms with Crippen LogP contribution in [0.4, 0.5) is 0 Å². The molecule has 1 atom stereocenters. The minimum absolute atomic E-state index is 0.0564. The molecule has 0 spiro atoms. The fourth-order valence-corrected chi connectivity index (χ4v) is 2.38. The molecule has 1 unspecified atom stereocenters. The Bertz CT molecular complexity index is 422. The Morgan fingerprint density at radius 2 is 2.05 bits per heavy atom. The summed E-state index contributed by atoms with van der Waals surface area (Å²) in [4.78, 5) is 11.9. The number of hydrogen-bond donors (Lipinski definition) is 4. The van der Waals surface area contributed by atoms with Gasteiger partial charge in [-0.1, -0.05) is 12.5 Å². The summed E-state index contributed by atoms with van der Waals surface area (Å²) in [5.74, 6) is -0.840. The molecule has 5 nitrogen and oxygen atoms in total. The van der Waals surface area contributed by atoms with Crippen molar-refractivity contribution in [2.24, 2.45) is 0 Å². The van der Waals surface area contributed by atoms with Crippen molar-refractivity contribution < 1.29 is 15.0 Å². The normalized spacial score (nSPS) is 19.1. The largest absolute Gasteiger partial charge is 0.507 e. The molecule has 1 aliphatic heterocycles. The van der Waals surface area contributed by atoms with Gasteiger partial charge in [-0.05, 0) is 37.9 Å². The number of nitrogens with one attached hydrogen (secondary N) is 2. The zero-order chi connectivity index (χ0) is 13.7. The van der Waals surface area contributed by atoms with E-state index in [1.54, 1.807) is 0 Å². The Kier molecular flexibility index (Phi) is 4.63. The van der Waals surface area contributed by atoms with E-state index >= 15 is 0 Å². The molecule has 1 fully saturated rings. The number of aromatic hydroxyl groups is 2. The summed E-state index contributed by atoms with van der Waals surface area (Å²) in [6.07, 6.45) is 4.44. The predicted molar refractivity (Wildman–Crippen MR) is 72.4 cm³/mol. The number of piperidine rings is 1. The second kappa shape index (κ2) is 6.43. The third-order valence-corrected chi connectivity index (χ3v) is 3.44. The van der Waals surface area contributed by atoms with Crippen LogP contribution in [0.5, 0.6) is 11.5 Å². The highest BCUT2D eigenvalue weighted by Gasteiger charge is 2.17. The van der Waals surface area contributed by atoms with E-state index in [0.717, 1.165) is 19.4 Å². The van der Waals surface area contributed by atoms with Crippen LogP contribution in [0.25, 0.3) is 0 Å². The Hall–Kier alpha value is -1.75. The maximum absolute atomic E-state index is 11.9. The molecule has 1 aliphatic rings. The minimum atomic E-state index is -0.439. The van der Waals surface area contributed by atoms with E-state index in [2.05, 4.69) is 10.6 Å². The molecule has 0 aromatic heterocycles. The number of phenolic OH excluding ortho intramolecular Hbond substituents is 2. The Balaban J connectivity index is 1.84. The van der Waals surface area contributed by atoms with Crippen LogP contribution < -0.4 is 10.6 Å². The Morgan fingerprint density at radius 3 is 2.68 bits per heavy atom. The summed E-state index contributed by atoms with van der Waals surface area (Å²) in [6.45, 7) is 1.57. The van der Waals surface area contributed by atoms with Crippen molar-refractivity contribution in [3.8, 4) is 11.5 Å². The van der Waals surface area contributed by atoms with Crippen LogP contribution >= 0.6 is 0 Å². The van der Waals surface area contributed by atoms with Crippen molar-refractivity contribution in [2.75, 3.05) is 13.1 Å². The van der Waals surface area contributed by atoms with Crippen molar-refractivity contribution in [3.63, 3.8) is 0 Å². The van der Waals surface area contributed by atoms with Crippen LogP contribution in [0.2, 0.25) is 0 Å². The van der Waals surface area contributed by atoms with E-state index in [-0.39, 0.29) is 17.1 Å². The monoisotopic (exact) mass is 264 g/mol. The number of rotatable bonds is 4. The van der Waals surface area contributed by atoms with Gasteiger partial charge in [-0.15, -0.1) is 0 Å². The van der Waals surface area contributed by atoms with Crippen LogP contribution in [0.3, 0.4) is 0 Å². The molecule has 5 heteroatoms. The molecular weight excluding hydrogens is 244 g/mol. The van der Waals surface area contributed by atoms with Gasteiger partial charge in [0.2, 0.25) is 0 Å². The summed E-state index contributed by atoms with van der Waals surface area (Å²) in [7, 11) is 0. The maximum Gasteiger partial charge on any atom is 0.258 e. The van der Waals surface area contributed by atoms with Crippen molar-refractivity contribution in [2.45, 2.75) is 31.7 Å². The quantitative estimate of drug-likeness (QED) is 0.662. The topological polar surface area (TPSA) is 81.6 Å². The van der Waals surface area contributed by atoms with Gasteiger partial charge >= 0.3 is 0 Å². The molecule has 104 valence electrons. The average Bonchev–Trinajstić information content (AvgIpc) is 2.40. The molecule has 0 radical (unpaired) electrons. The fourth-order valence-electron chi connectivity index (χ4n) is 2.38. The first-order valence-corrected chi connectivity index (χ1v) is 6.71. The molecule has 1 heterocycles. The van der Waals surface area contributed by atoms with Gasteiger partial charge in [-0.3, -0.25) is 4.79 Å². The van der Waals surface area contributed by atoms with Crippen molar-refractivity contribution >= 4 is 5.91 Å². The smallest absolute Gasteiger partial charge is 0.258 e. The lowest BCUT2D eigenvalue weighted by Gasteiger charge is -2.23. The molecule has 1 aromatic rings. The molecule has 0 saturated carbocycles. The number of phenols is 2. The summed E-state index contributed by atoms with van der Waals surface area (Å²) in [5, 5.41) is 25.3. The van der Waals surface area contributed by atoms with Gasteiger partial charge in [-0.2, -0.15) is 0 Å². The third-order valence-electron chi connectivity index (χ3n) is 3.44. The van der Waals surface area contributed by atoms with Crippen LogP contribution in [-0.2, 0) is 0 Å². The van der Waals surface area contributed by atoms with Crippen molar-refractivity contribution in [1.29, 1.82) is 0 Å². The Morgan fingerprint density at radius 1 is 1.32 bits per heavy atom. The first kappa shape index (κ1) is 13.7. The molecule has 1 aromatic carbocycles. The van der Waals surface area contributed by atoms with Crippen LogP contribution in [0.1, 0.15) is 36.0 Å². The van der Waals surface area contributed by atoms with E-state index in [9.17, 15) is 15.0 Å². The van der Waals surface area contributed by atoms with E-state index in [1.165, 1.54) is 31.0 Å². The van der Waals surface area contributed by atoms with Crippen LogP contribution in [0.15, 0.2) is 18.2 Å². The predicted octanol–water partition coefficient (Wildman–Crippen LogP) is 1.36. The van der Waals surface area contributed by atoms with E-state index in [1.807, 2.05) is 0 Å². The molecule has 4 N–H and O–H groups in total. The van der Waals surface area contributed by atoms with Gasteiger partial charge in [0.15, 0.2) is 0 Å². The first-order valence-electron chi connectivity index (χ1n) is 6.71. The second-order valence-corrected chi connectivity index (χ2v) is 4.86. The fraction of sp³-hybridized carbons (Fsp3) is 0.500. The average molecular weight is 264 g/mol. The van der Waals surface area contributed by atoms with Crippen molar-refractivity contribution in [3.05, 3.63) is 23.8 Å². The summed E-state index contributed by atoms with van der Waals surface area (Å²) >= 11 is 0. The van der Waals surface area contributed by atoms with Crippen LogP contribution in [0, 0.1) is 0 Å². The lowest BCUT2D eigenvalue weighted by atomic mass is 10.0. The molecule has 2 rings (SSSR count). The number of amides is 1. The molecular formula is C14H20N2O3. The van der Waals surface area contributed by atoms with Gasteiger partial charge in [-0.25, -0.2) is 0 Å². The lowest BCUT2D eigenvalue weighted by molar-refractivity contribution is 0.0946. The van der Waals surface area contributed by atoms with Crippen molar-refractivity contribution in [1.82, 2.24) is 10.6 Å². The summed E-state index contributed by atoms with van der Waals surface area (Å²) in [5.41, 5.74) is -0.0564. The van der Waals surface area contributed by atoms with Gasteiger partial charge in [0.25, 0.3) is 5.91 Å². The zero-order valence-corrected chi connectivity index (χ0v) is 10.9. The highest BCUT2D eigenvalue weighted by molar-refractivity contribution is 5.99. The standard InChI is InChI=1S/C14H20N2O3/c17-11-5-3-6-12(18)13(11)14(19)16-9-7-10-4-1-2-8-15-10/h3,5-6,10,15,17-18H,1-2,4,7-9H2,(H,16,19). The number of carbonyl (C=O) groups is 1. The van der Waals surface area contributed by atoms with E-state index in [0.29, 0.717) is 12.6 Å². The highest BCUT2D eigenvalue weighted by atomic mass is 16.3. The second-order valence-electron chi connectivity index (χ2n) is 4.86. The molecule has 1 amide bonds. The summed E-state index contributed by atoms with van der Waals surface area (Å²) < 4.78 is 0. The summed E-state index contributed by atoms with van der Waals surface area (Å²) in [6, 6.07) is 4.72. The number of benzene rings is 1. The van der Waals surface area contributed by atoms with Gasteiger partial charge < -0.3 is 20.8 Å². The number of hydrogen-bond acceptors (Lipinski definition) is 4. The molecule has 0 aliphatic carbocycles. The zero-order valence-electron chi connectivity index (χ0n) is 10.9. The number of carbonyl (C=O) groups excluding carboxylic acids is 1. The lowest BCUT2D eigenvalue weighted by Crippen LogP contribution is -2.37. The van der Waals surface area contributed by atoms with E-state index < -0.39 is 5.91 Å². The van der Waals surface area contributed by atoms with Gasteiger partial charge in [0, 0.05) is 12.6 Å². The highest BCUT2D eigenvalue weighted by Crippen LogP contribution is 2.25. The SMILES string of the molecule is O=C(NCCC1CCCCN1)c1c(O)cccc1O. The molecule has 1 saturated heterocycles. The van der Waals surface area contributed by atoms with Gasteiger partial charge in [0.1, 0.15) is 17.1 Å². The molecule has 0 bridgehead atoms. The molecule has 19 heavy (non-hydrogen) atoms. The van der Waals surface area contributed by atoms with E-state index in [4.69, 9.17) is 0 Å². The minimum Gasteiger partial charge on any atom is -0.507 e. The van der Waals surface area contributed by atoms with Crippen LogP contribution in [-0.4, -0.2) is 35.3 Å². The third kappa shape index (κ3) is 3.61.